The maximum atomic E-state index is 13.0. The third-order valence-electron chi connectivity index (χ3n) is 6.05. The Balaban J connectivity index is 1.51. The van der Waals surface area contributed by atoms with E-state index < -0.39 is 19.7 Å². The van der Waals surface area contributed by atoms with Gasteiger partial charge < -0.3 is 19.8 Å². The molecule has 1 aliphatic heterocycles. The summed E-state index contributed by atoms with van der Waals surface area (Å²) >= 11 is 0. The van der Waals surface area contributed by atoms with Crippen LogP contribution < -0.4 is 11.5 Å². The minimum atomic E-state index is -1.21. The molecule has 0 aliphatic carbocycles. The van der Waals surface area contributed by atoms with Crippen molar-refractivity contribution in [3.05, 3.63) is 69.2 Å². The van der Waals surface area contributed by atoms with Gasteiger partial charge in [-0.05, 0) is 48.4 Å². The first kappa shape index (κ1) is 23.0. The van der Waals surface area contributed by atoms with Gasteiger partial charge in [-0.25, -0.2) is 9.36 Å². The molecule has 2 amide bonds. The van der Waals surface area contributed by atoms with Crippen LogP contribution in [0, 0.1) is 0 Å². The number of hydrogen-bond donors (Lipinski definition) is 1. The van der Waals surface area contributed by atoms with Crippen LogP contribution in [0.2, 0.25) is 25.7 Å². The van der Waals surface area contributed by atoms with Crippen LogP contribution in [-0.2, 0) is 18.0 Å². The second-order valence-electron chi connectivity index (χ2n) is 9.72. The van der Waals surface area contributed by atoms with Crippen LogP contribution in [0.15, 0.2) is 45.6 Å². The number of fused-ring (bicyclic) bond motifs is 2. The second-order valence-corrected chi connectivity index (χ2v) is 15.3. The number of primary amides is 1. The SMILES string of the molecule is CC1c2ccc(C(N)=O)cc2C(=O)N1Cc1ccc2c(c1)oc(=O)n2COCC[Si](C)(C)C. The molecule has 0 fully saturated rings. The quantitative estimate of drug-likeness (QED) is 0.401. The Kier molecular flexibility index (Phi) is 6.02. The first-order chi connectivity index (χ1) is 15.5. The molecule has 33 heavy (non-hydrogen) atoms. The molecule has 0 saturated heterocycles. The first-order valence-corrected chi connectivity index (χ1v) is 14.7. The largest absolute Gasteiger partial charge is 0.421 e. The van der Waals surface area contributed by atoms with Gasteiger partial charge in [-0.1, -0.05) is 31.8 Å². The van der Waals surface area contributed by atoms with E-state index in [0.717, 1.165) is 17.2 Å². The summed E-state index contributed by atoms with van der Waals surface area (Å²) in [6, 6.07) is 11.3. The van der Waals surface area contributed by atoms with Crippen LogP contribution in [-0.4, -0.2) is 36.0 Å². The fraction of sp³-hybridized carbons (Fsp3) is 0.375. The Morgan fingerprint density at radius 2 is 1.91 bits per heavy atom. The van der Waals surface area contributed by atoms with Gasteiger partial charge in [0.1, 0.15) is 6.73 Å². The lowest BCUT2D eigenvalue weighted by Crippen LogP contribution is -2.26. The Labute approximate surface area is 192 Å². The molecule has 174 valence electrons. The minimum Gasteiger partial charge on any atom is -0.408 e. The van der Waals surface area contributed by atoms with Crippen molar-refractivity contribution in [2.75, 3.05) is 6.61 Å². The number of benzene rings is 2. The summed E-state index contributed by atoms with van der Waals surface area (Å²) in [7, 11) is -1.21. The van der Waals surface area contributed by atoms with Crippen LogP contribution >= 0.6 is 0 Å². The Hall–Kier alpha value is -3.17. The highest BCUT2D eigenvalue weighted by atomic mass is 28.3. The molecular weight excluding hydrogens is 438 g/mol. The van der Waals surface area contributed by atoms with Crippen LogP contribution in [0.5, 0.6) is 0 Å². The third kappa shape index (κ3) is 4.65. The Bertz CT molecular complexity index is 1290. The van der Waals surface area contributed by atoms with Gasteiger partial charge in [-0.2, -0.15) is 0 Å². The van der Waals surface area contributed by atoms with Gasteiger partial charge >= 0.3 is 5.76 Å². The molecule has 2 aromatic carbocycles. The normalized spacial score (nSPS) is 15.9. The summed E-state index contributed by atoms with van der Waals surface area (Å²) < 4.78 is 12.6. The Morgan fingerprint density at radius 1 is 1.15 bits per heavy atom. The first-order valence-electron chi connectivity index (χ1n) is 11.0. The summed E-state index contributed by atoms with van der Waals surface area (Å²) in [4.78, 5) is 38.6. The highest BCUT2D eigenvalue weighted by Gasteiger charge is 2.34. The lowest BCUT2D eigenvalue weighted by atomic mass is 10.0. The molecule has 0 radical (unpaired) electrons. The number of rotatable bonds is 8. The molecule has 1 unspecified atom stereocenters. The molecule has 2 N–H and O–H groups in total. The summed E-state index contributed by atoms with van der Waals surface area (Å²) in [5, 5.41) is 0. The maximum Gasteiger partial charge on any atom is 0.421 e. The van der Waals surface area contributed by atoms with Crippen molar-refractivity contribution < 1.29 is 18.7 Å². The molecule has 0 spiro atoms. The number of nitrogens with zero attached hydrogens (tertiary/aromatic N) is 2. The van der Waals surface area contributed by atoms with Gasteiger partial charge in [0.2, 0.25) is 5.91 Å². The molecule has 1 aliphatic rings. The van der Waals surface area contributed by atoms with E-state index in [4.69, 9.17) is 14.9 Å². The molecule has 0 bridgehead atoms. The predicted molar refractivity (Wildman–Crippen MR) is 128 cm³/mol. The van der Waals surface area contributed by atoms with E-state index in [2.05, 4.69) is 19.6 Å². The van der Waals surface area contributed by atoms with Gasteiger partial charge in [-0.3, -0.25) is 9.59 Å². The summed E-state index contributed by atoms with van der Waals surface area (Å²) in [6.45, 7) is 9.88. The van der Waals surface area contributed by atoms with Gasteiger partial charge in [0.25, 0.3) is 5.91 Å². The zero-order valence-electron chi connectivity index (χ0n) is 19.4. The molecule has 9 heteroatoms. The number of amides is 2. The van der Waals surface area contributed by atoms with Gasteiger partial charge in [0.15, 0.2) is 5.58 Å². The topological polar surface area (TPSA) is 108 Å². The van der Waals surface area contributed by atoms with Crippen LogP contribution in [0.25, 0.3) is 11.1 Å². The van der Waals surface area contributed by atoms with Crippen LogP contribution in [0.1, 0.15) is 44.8 Å². The average molecular weight is 468 g/mol. The zero-order chi connectivity index (χ0) is 23.9. The van der Waals surface area contributed by atoms with Crippen LogP contribution in [0.4, 0.5) is 0 Å². The number of carbonyl (C=O) groups is 2. The molecule has 0 saturated carbocycles. The number of aromatic nitrogens is 1. The van der Waals surface area contributed by atoms with Crippen molar-refractivity contribution in [1.82, 2.24) is 9.47 Å². The molecule has 1 aromatic heterocycles. The molecule has 3 aromatic rings. The van der Waals surface area contributed by atoms with Crippen molar-refractivity contribution in [2.24, 2.45) is 5.73 Å². The number of nitrogens with two attached hydrogens (primary N) is 1. The smallest absolute Gasteiger partial charge is 0.408 e. The number of oxazole rings is 1. The lowest BCUT2D eigenvalue weighted by molar-refractivity contribution is 0.0723. The average Bonchev–Trinajstić information content (AvgIpc) is 3.18. The minimum absolute atomic E-state index is 0.148. The van der Waals surface area contributed by atoms with E-state index in [1.165, 1.54) is 4.57 Å². The van der Waals surface area contributed by atoms with Crippen LogP contribution in [0.3, 0.4) is 0 Å². The summed E-state index contributed by atoms with van der Waals surface area (Å²) in [5.74, 6) is -1.19. The summed E-state index contributed by atoms with van der Waals surface area (Å²) in [5.41, 5.74) is 8.98. The highest BCUT2D eigenvalue weighted by molar-refractivity contribution is 6.76. The van der Waals surface area contributed by atoms with E-state index in [9.17, 15) is 14.4 Å². The number of carbonyl (C=O) groups excluding carboxylic acids is 2. The monoisotopic (exact) mass is 467 g/mol. The molecule has 1 atom stereocenters. The van der Waals surface area contributed by atoms with Gasteiger partial charge in [0.05, 0.1) is 11.6 Å². The maximum absolute atomic E-state index is 13.0. The number of hydrogen-bond acceptors (Lipinski definition) is 5. The lowest BCUT2D eigenvalue weighted by Gasteiger charge is -2.22. The van der Waals surface area contributed by atoms with E-state index in [-0.39, 0.29) is 18.7 Å². The van der Waals surface area contributed by atoms with Crippen molar-refractivity contribution in [1.29, 1.82) is 0 Å². The van der Waals surface area contributed by atoms with Crippen molar-refractivity contribution in [2.45, 2.75) is 51.9 Å². The fourth-order valence-corrected chi connectivity index (χ4v) is 4.79. The van der Waals surface area contributed by atoms with E-state index in [0.29, 0.717) is 35.4 Å². The Morgan fingerprint density at radius 3 is 2.61 bits per heavy atom. The third-order valence-corrected chi connectivity index (χ3v) is 7.75. The van der Waals surface area contributed by atoms with E-state index in [1.54, 1.807) is 29.2 Å². The zero-order valence-corrected chi connectivity index (χ0v) is 20.4. The molecule has 2 heterocycles. The number of ether oxygens (including phenoxy) is 1. The summed E-state index contributed by atoms with van der Waals surface area (Å²) in [6.07, 6.45) is 0. The van der Waals surface area contributed by atoms with Gasteiger partial charge in [0, 0.05) is 32.4 Å². The molecule has 4 rings (SSSR count). The molecule has 8 nitrogen and oxygen atoms in total. The molecular formula is C24H29N3O5Si. The van der Waals surface area contributed by atoms with Gasteiger partial charge in [-0.15, -0.1) is 0 Å². The van der Waals surface area contributed by atoms with Crippen molar-refractivity contribution in [3.63, 3.8) is 0 Å². The van der Waals surface area contributed by atoms with Crippen molar-refractivity contribution >= 4 is 31.0 Å². The van der Waals surface area contributed by atoms with Crippen molar-refractivity contribution in [3.8, 4) is 0 Å². The fourth-order valence-electron chi connectivity index (χ4n) is 4.03. The highest BCUT2D eigenvalue weighted by Crippen LogP contribution is 2.35. The second kappa shape index (κ2) is 8.64. The standard InChI is InChI=1S/C24H29N3O5Si/c1-15-18-7-6-17(22(25)28)12-19(18)23(29)26(15)13-16-5-8-20-21(11-16)32-24(30)27(20)14-31-9-10-33(2,3)4/h5-8,11-12,15H,9-10,13-14H2,1-4H3,(H2,25,28). The van der Waals surface area contributed by atoms with E-state index in [1.807, 2.05) is 19.1 Å². The predicted octanol–water partition coefficient (Wildman–Crippen LogP) is 3.72. The van der Waals surface area contributed by atoms with E-state index >= 15 is 0 Å².